The molecule has 6 nitrogen and oxygen atoms in total. The molecule has 450 valence electrons. The lowest BCUT2D eigenvalue weighted by Crippen LogP contribution is -2.12. The van der Waals surface area contributed by atoms with Crippen LogP contribution >= 0.6 is 0 Å². The third kappa shape index (κ3) is 10.5. The Labute approximate surface area is 535 Å². The fraction of sp³-hybridized carbons (Fsp3) is 0.0244. The topological polar surface area (TPSA) is 61.4 Å². The maximum absolute atomic E-state index is 16.7. The zero-order chi connectivity index (χ0) is 63.7. The summed E-state index contributed by atoms with van der Waals surface area (Å²) in [6.45, 7) is 0. The van der Waals surface area contributed by atoms with E-state index in [0.717, 1.165) is 91.0 Å². The van der Waals surface area contributed by atoms with Crippen molar-refractivity contribution < 1.29 is 26.3 Å². The fourth-order valence-corrected chi connectivity index (χ4v) is 13.1. The summed E-state index contributed by atoms with van der Waals surface area (Å²) < 4.78 is 100. The van der Waals surface area contributed by atoms with Crippen LogP contribution in [-0.4, -0.2) is 29.1 Å². The number of halogens is 6. The zero-order valence-electron chi connectivity index (χ0n) is 49.8. The molecular weight excluding hydrogens is 1180 g/mol. The molecule has 0 saturated heterocycles. The molecule has 0 amide bonds. The van der Waals surface area contributed by atoms with Gasteiger partial charge in [-0.25, -0.2) is 0 Å². The molecule has 0 bridgehead atoms. The van der Waals surface area contributed by atoms with Crippen LogP contribution in [0.2, 0.25) is 0 Å². The normalized spacial score (nSPS) is 11.9. The average Bonchev–Trinajstić information content (AvgIpc) is 1.53. The molecule has 0 N–H and O–H groups in total. The maximum Gasteiger partial charge on any atom is 0.416 e. The molecule has 0 fully saturated rings. The SMILES string of the molecule is FC(F)(F)c1cccc(-c2c(-n3c4cc(-c5ccnc(-c6ccccc6)c5)ccc4c4ccc(-c5ccnc(-c6ccccc6)c5)cc43)cc(C(F)(F)F)cc2-n2c3cc(-c4ccnc(-c5ccccc5)c4)ccc3c3ccc(-c4ccnc(-c5ccccc5)c4)cc32)c1. The van der Waals surface area contributed by atoms with Crippen molar-refractivity contribution in [3.05, 3.63) is 315 Å². The van der Waals surface area contributed by atoms with Crippen LogP contribution in [0.5, 0.6) is 0 Å². The molecule has 16 rings (SSSR count). The first-order chi connectivity index (χ1) is 45.8. The second kappa shape index (κ2) is 23.0. The molecule has 10 aromatic carbocycles. The smallest absolute Gasteiger partial charge is 0.308 e. The average molecular weight is 1230 g/mol. The maximum atomic E-state index is 16.7. The molecule has 0 atom stereocenters. The minimum Gasteiger partial charge on any atom is -0.308 e. The first kappa shape index (κ1) is 57.2. The molecule has 6 aromatic heterocycles. The summed E-state index contributed by atoms with van der Waals surface area (Å²) in [7, 11) is 0. The monoisotopic (exact) mass is 1230 g/mol. The van der Waals surface area contributed by atoms with Crippen molar-refractivity contribution in [2.45, 2.75) is 12.4 Å². The number of hydrogen-bond acceptors (Lipinski definition) is 4. The Bertz CT molecular complexity index is 5000. The summed E-state index contributed by atoms with van der Waals surface area (Å²) in [5.74, 6) is 0. The molecule has 0 aliphatic rings. The molecule has 0 radical (unpaired) electrons. The van der Waals surface area contributed by atoms with Gasteiger partial charge >= 0.3 is 12.4 Å². The van der Waals surface area contributed by atoms with Crippen molar-refractivity contribution in [3.63, 3.8) is 0 Å². The number of rotatable bonds is 11. The Morgan fingerprint density at radius 1 is 0.223 bits per heavy atom. The highest BCUT2D eigenvalue weighted by molar-refractivity contribution is 6.14. The van der Waals surface area contributed by atoms with Crippen LogP contribution in [0, 0.1) is 0 Å². The summed E-state index contributed by atoms with van der Waals surface area (Å²) >= 11 is 0. The third-order valence-electron chi connectivity index (χ3n) is 17.6. The quantitative estimate of drug-likeness (QED) is 0.121. The molecular formula is C82H50F6N6. The Kier molecular flexibility index (Phi) is 14.0. The standard InChI is InChI=1S/C82H50F6N6/c83-81(84,85)64-23-13-22-63(40-64)80-78(93-74-45-55(59-32-36-89-70(41-59)51-14-5-1-6-15-51)24-28-66(74)67-29-25-56(46-75(67)93)60-33-37-90-71(42-60)52-16-7-2-8-17-52)49-65(82(86,87)88)50-79(80)94-76-47-57(61-34-38-91-72(43-61)53-18-9-3-10-19-53)26-30-68(76)69-31-27-58(48-77(69)94)62-35-39-92-73(44-62)54-20-11-4-12-21-54/h1-50H. The van der Waals surface area contributed by atoms with E-state index in [2.05, 4.69) is 0 Å². The van der Waals surface area contributed by atoms with Gasteiger partial charge in [0.05, 0.1) is 67.3 Å². The van der Waals surface area contributed by atoms with E-state index < -0.39 is 23.5 Å². The van der Waals surface area contributed by atoms with Gasteiger partial charge in [0, 0.05) is 74.1 Å². The number of pyridine rings is 4. The second-order valence-electron chi connectivity index (χ2n) is 23.2. The van der Waals surface area contributed by atoms with Crippen LogP contribution < -0.4 is 0 Å². The number of fused-ring (bicyclic) bond motifs is 6. The van der Waals surface area contributed by atoms with Crippen LogP contribution in [0.25, 0.3) is 156 Å². The summed E-state index contributed by atoms with van der Waals surface area (Å²) in [5, 5.41) is 2.78. The van der Waals surface area contributed by atoms with Gasteiger partial charge in [-0.15, -0.1) is 0 Å². The van der Waals surface area contributed by atoms with E-state index >= 15 is 26.3 Å². The van der Waals surface area contributed by atoms with Gasteiger partial charge in [0.1, 0.15) is 0 Å². The van der Waals surface area contributed by atoms with Gasteiger partial charge in [0.15, 0.2) is 0 Å². The molecule has 0 spiro atoms. The van der Waals surface area contributed by atoms with Crippen LogP contribution in [0.1, 0.15) is 11.1 Å². The summed E-state index contributed by atoms with van der Waals surface area (Å²) in [5.41, 5.74) is 12.6. The number of hydrogen-bond donors (Lipinski definition) is 0. The molecule has 12 heteroatoms. The van der Waals surface area contributed by atoms with Gasteiger partial charge in [0.2, 0.25) is 0 Å². The van der Waals surface area contributed by atoms with Gasteiger partial charge in [-0.3, -0.25) is 19.9 Å². The number of nitrogens with zero attached hydrogens (tertiary/aromatic N) is 6. The lowest BCUT2D eigenvalue weighted by molar-refractivity contribution is -0.138. The lowest BCUT2D eigenvalue weighted by Gasteiger charge is -2.23. The van der Waals surface area contributed by atoms with Crippen LogP contribution in [0.15, 0.2) is 304 Å². The highest BCUT2D eigenvalue weighted by Crippen LogP contribution is 2.48. The Morgan fingerprint density at radius 3 is 0.787 bits per heavy atom. The van der Waals surface area contributed by atoms with Crippen molar-refractivity contribution in [1.82, 2.24) is 29.1 Å². The largest absolute Gasteiger partial charge is 0.416 e. The van der Waals surface area contributed by atoms with E-state index in [4.69, 9.17) is 19.9 Å². The predicted octanol–water partition coefficient (Wildman–Crippen LogP) is 22.5. The molecule has 0 aliphatic carbocycles. The fourth-order valence-electron chi connectivity index (χ4n) is 13.1. The first-order valence-electron chi connectivity index (χ1n) is 30.5. The van der Waals surface area contributed by atoms with Crippen LogP contribution in [-0.2, 0) is 12.4 Å². The van der Waals surface area contributed by atoms with Gasteiger partial charge in [-0.2, -0.15) is 26.3 Å². The van der Waals surface area contributed by atoms with E-state index in [0.29, 0.717) is 66.4 Å². The lowest BCUT2D eigenvalue weighted by atomic mass is 9.95. The third-order valence-corrected chi connectivity index (χ3v) is 17.6. The van der Waals surface area contributed by atoms with Crippen molar-refractivity contribution in [2.75, 3.05) is 0 Å². The molecule has 0 unspecified atom stereocenters. The van der Waals surface area contributed by atoms with Crippen LogP contribution in [0.3, 0.4) is 0 Å². The number of aromatic nitrogens is 6. The Hall–Kier alpha value is -12.0. The van der Waals surface area contributed by atoms with E-state index in [1.807, 2.05) is 243 Å². The highest BCUT2D eigenvalue weighted by atomic mass is 19.4. The zero-order valence-corrected chi connectivity index (χ0v) is 49.8. The molecule has 0 aliphatic heterocycles. The highest BCUT2D eigenvalue weighted by Gasteiger charge is 2.36. The van der Waals surface area contributed by atoms with E-state index in [-0.39, 0.29) is 22.5 Å². The van der Waals surface area contributed by atoms with Gasteiger partial charge < -0.3 is 9.13 Å². The van der Waals surface area contributed by atoms with Crippen molar-refractivity contribution in [1.29, 1.82) is 0 Å². The van der Waals surface area contributed by atoms with E-state index in [1.165, 1.54) is 6.07 Å². The summed E-state index contributed by atoms with van der Waals surface area (Å²) in [4.78, 5) is 18.9. The minimum absolute atomic E-state index is 0.0107. The molecule has 16 aromatic rings. The molecule has 0 saturated carbocycles. The van der Waals surface area contributed by atoms with E-state index in [1.54, 1.807) is 40.0 Å². The van der Waals surface area contributed by atoms with Gasteiger partial charge in [0.25, 0.3) is 0 Å². The first-order valence-corrected chi connectivity index (χ1v) is 30.5. The minimum atomic E-state index is -4.99. The molecule has 6 heterocycles. The van der Waals surface area contributed by atoms with E-state index in [9.17, 15) is 0 Å². The predicted molar refractivity (Wildman–Crippen MR) is 365 cm³/mol. The second-order valence-corrected chi connectivity index (χ2v) is 23.2. The van der Waals surface area contributed by atoms with Crippen LogP contribution in [0.4, 0.5) is 26.3 Å². The summed E-state index contributed by atoms with van der Waals surface area (Å²) in [6.07, 6.45) is -2.93. The summed E-state index contributed by atoms with van der Waals surface area (Å²) in [6, 6.07) is 85.0. The Morgan fingerprint density at radius 2 is 0.500 bits per heavy atom. The van der Waals surface area contributed by atoms with Crippen molar-refractivity contribution >= 4 is 43.6 Å². The van der Waals surface area contributed by atoms with Crippen molar-refractivity contribution in [2.24, 2.45) is 0 Å². The number of benzene rings is 10. The molecule has 94 heavy (non-hydrogen) atoms. The van der Waals surface area contributed by atoms with Gasteiger partial charge in [-0.1, -0.05) is 182 Å². The van der Waals surface area contributed by atoms with Gasteiger partial charge in [-0.05, 0) is 147 Å². The Balaban J connectivity index is 1.03. The number of alkyl halides is 6. The van der Waals surface area contributed by atoms with Crippen molar-refractivity contribution in [3.8, 4) is 112 Å².